The molecule has 1 saturated heterocycles. The number of fused-ring (bicyclic) bond motifs is 1. The third kappa shape index (κ3) is 3.48. The number of benzene rings is 2. The zero-order chi connectivity index (χ0) is 17.1. The first-order valence-electron chi connectivity index (χ1n) is 8.71. The molecule has 5 heteroatoms. The van der Waals surface area contributed by atoms with E-state index in [4.69, 9.17) is 0 Å². The predicted octanol–water partition coefficient (Wildman–Crippen LogP) is 2.49. The lowest BCUT2D eigenvalue weighted by atomic mass is 10.1. The van der Waals surface area contributed by atoms with Crippen molar-refractivity contribution in [1.82, 2.24) is 14.9 Å². The summed E-state index contributed by atoms with van der Waals surface area (Å²) in [5.41, 5.74) is 1.96. The van der Waals surface area contributed by atoms with E-state index in [1.165, 1.54) is 0 Å². The van der Waals surface area contributed by atoms with Gasteiger partial charge in [0, 0.05) is 38.1 Å². The fraction of sp³-hybridized carbons (Fsp3) is 0.300. The van der Waals surface area contributed by atoms with Crippen molar-refractivity contribution in [3.63, 3.8) is 0 Å². The average Bonchev–Trinajstić information content (AvgIpc) is 2.69. The van der Waals surface area contributed by atoms with Crippen LogP contribution in [0.5, 0.6) is 0 Å². The number of para-hydroxylation sites is 1. The molecule has 0 aliphatic carbocycles. The number of rotatable bonds is 4. The number of β-amino-alcohol motifs (C(OH)–C–C–N with tert-alkyl or cyclic N) is 1. The first-order valence-corrected chi connectivity index (χ1v) is 8.71. The summed E-state index contributed by atoms with van der Waals surface area (Å²) in [6.07, 6.45) is 1.20. The highest BCUT2D eigenvalue weighted by Gasteiger charge is 2.21. The monoisotopic (exact) mass is 334 g/mol. The second kappa shape index (κ2) is 7.17. The largest absolute Gasteiger partial charge is 0.387 e. The van der Waals surface area contributed by atoms with Crippen LogP contribution in [0, 0.1) is 0 Å². The molecule has 1 aliphatic rings. The lowest BCUT2D eigenvalue weighted by molar-refractivity contribution is 0.109. The number of aromatic nitrogens is 2. The van der Waals surface area contributed by atoms with Crippen molar-refractivity contribution in [2.24, 2.45) is 0 Å². The Morgan fingerprint density at radius 1 is 0.880 bits per heavy atom. The lowest BCUT2D eigenvalue weighted by Gasteiger charge is -2.36. The van der Waals surface area contributed by atoms with E-state index in [9.17, 15) is 5.11 Å². The second-order valence-corrected chi connectivity index (χ2v) is 6.43. The number of aliphatic hydroxyl groups is 1. The smallest absolute Gasteiger partial charge is 0.139 e. The molecule has 1 fully saturated rings. The third-order valence-electron chi connectivity index (χ3n) is 4.81. The van der Waals surface area contributed by atoms with Gasteiger partial charge >= 0.3 is 0 Å². The number of hydrogen-bond donors (Lipinski definition) is 1. The summed E-state index contributed by atoms with van der Waals surface area (Å²) in [6, 6.07) is 18.0. The van der Waals surface area contributed by atoms with Crippen LogP contribution in [0.3, 0.4) is 0 Å². The zero-order valence-electron chi connectivity index (χ0n) is 14.1. The Bertz CT molecular complexity index is 826. The van der Waals surface area contributed by atoms with Crippen LogP contribution in [-0.4, -0.2) is 52.7 Å². The number of piperazine rings is 1. The lowest BCUT2D eigenvalue weighted by Crippen LogP contribution is -2.47. The molecule has 2 heterocycles. The van der Waals surface area contributed by atoms with Crippen LogP contribution in [-0.2, 0) is 0 Å². The Hall–Kier alpha value is -2.50. The SMILES string of the molecule is OC(CN1CCN(c2ncnc3ccccc23)CC1)c1ccccc1. The summed E-state index contributed by atoms with van der Waals surface area (Å²) in [5.74, 6) is 1.01. The van der Waals surface area contributed by atoms with E-state index >= 15 is 0 Å². The highest BCUT2D eigenvalue weighted by molar-refractivity contribution is 5.89. The molecule has 0 radical (unpaired) electrons. The van der Waals surface area contributed by atoms with Gasteiger partial charge in [-0.2, -0.15) is 0 Å². The quantitative estimate of drug-likeness (QED) is 0.794. The van der Waals surface area contributed by atoms with E-state index in [1.807, 2.05) is 48.5 Å². The molecule has 1 atom stereocenters. The Labute approximate surface area is 147 Å². The van der Waals surface area contributed by atoms with Gasteiger partial charge in [0.25, 0.3) is 0 Å². The van der Waals surface area contributed by atoms with Crippen LogP contribution in [0.4, 0.5) is 5.82 Å². The molecular formula is C20H22N4O. The Morgan fingerprint density at radius 3 is 2.40 bits per heavy atom. The Balaban J connectivity index is 1.41. The van der Waals surface area contributed by atoms with Crippen LogP contribution in [0.25, 0.3) is 10.9 Å². The van der Waals surface area contributed by atoms with E-state index in [2.05, 4.69) is 25.8 Å². The number of aliphatic hydroxyl groups excluding tert-OH is 1. The first kappa shape index (κ1) is 16.0. The number of anilines is 1. The number of nitrogens with zero attached hydrogens (tertiary/aromatic N) is 4. The minimum absolute atomic E-state index is 0.437. The van der Waals surface area contributed by atoms with Gasteiger partial charge in [0.1, 0.15) is 12.1 Å². The molecule has 5 nitrogen and oxygen atoms in total. The third-order valence-corrected chi connectivity index (χ3v) is 4.81. The molecule has 1 unspecified atom stereocenters. The highest BCUT2D eigenvalue weighted by atomic mass is 16.3. The Morgan fingerprint density at radius 2 is 1.60 bits per heavy atom. The van der Waals surface area contributed by atoms with E-state index in [0.717, 1.165) is 48.5 Å². The van der Waals surface area contributed by atoms with Crippen LogP contribution in [0.1, 0.15) is 11.7 Å². The van der Waals surface area contributed by atoms with Crippen molar-refractivity contribution in [2.75, 3.05) is 37.6 Å². The summed E-state index contributed by atoms with van der Waals surface area (Å²) in [5, 5.41) is 11.5. The van der Waals surface area contributed by atoms with Crippen molar-refractivity contribution >= 4 is 16.7 Å². The minimum atomic E-state index is -0.437. The summed E-state index contributed by atoms with van der Waals surface area (Å²) >= 11 is 0. The summed E-state index contributed by atoms with van der Waals surface area (Å²) in [7, 11) is 0. The summed E-state index contributed by atoms with van der Waals surface area (Å²) < 4.78 is 0. The summed E-state index contributed by atoms with van der Waals surface area (Å²) in [4.78, 5) is 13.5. The zero-order valence-corrected chi connectivity index (χ0v) is 14.1. The molecule has 25 heavy (non-hydrogen) atoms. The van der Waals surface area contributed by atoms with Crippen molar-refractivity contribution in [3.8, 4) is 0 Å². The van der Waals surface area contributed by atoms with E-state index < -0.39 is 6.10 Å². The van der Waals surface area contributed by atoms with E-state index in [0.29, 0.717) is 6.54 Å². The molecule has 3 aromatic rings. The van der Waals surface area contributed by atoms with E-state index in [-0.39, 0.29) is 0 Å². The van der Waals surface area contributed by atoms with Crippen molar-refractivity contribution in [1.29, 1.82) is 0 Å². The van der Waals surface area contributed by atoms with Gasteiger partial charge in [0.05, 0.1) is 11.6 Å². The first-order chi connectivity index (χ1) is 12.3. The van der Waals surface area contributed by atoms with Crippen molar-refractivity contribution < 1.29 is 5.11 Å². The van der Waals surface area contributed by atoms with Gasteiger partial charge in [-0.1, -0.05) is 42.5 Å². The molecule has 0 amide bonds. The van der Waals surface area contributed by atoms with Crippen molar-refractivity contribution in [2.45, 2.75) is 6.10 Å². The van der Waals surface area contributed by atoms with Crippen LogP contribution in [0.2, 0.25) is 0 Å². The molecule has 128 valence electrons. The van der Waals surface area contributed by atoms with Gasteiger partial charge in [-0.3, -0.25) is 4.90 Å². The molecule has 1 aromatic heterocycles. The van der Waals surface area contributed by atoms with Gasteiger partial charge in [-0.15, -0.1) is 0 Å². The van der Waals surface area contributed by atoms with Gasteiger partial charge in [-0.25, -0.2) is 9.97 Å². The topological polar surface area (TPSA) is 52.5 Å². The van der Waals surface area contributed by atoms with Crippen LogP contribution in [0.15, 0.2) is 60.9 Å². The van der Waals surface area contributed by atoms with Crippen LogP contribution < -0.4 is 4.90 Å². The van der Waals surface area contributed by atoms with Crippen molar-refractivity contribution in [3.05, 3.63) is 66.5 Å². The Kier molecular flexibility index (Phi) is 4.59. The number of hydrogen-bond acceptors (Lipinski definition) is 5. The average molecular weight is 334 g/mol. The maximum Gasteiger partial charge on any atom is 0.139 e. The van der Waals surface area contributed by atoms with E-state index in [1.54, 1.807) is 6.33 Å². The standard InChI is InChI=1S/C20H22N4O/c25-19(16-6-2-1-3-7-16)14-23-10-12-24(13-11-23)20-17-8-4-5-9-18(17)21-15-22-20/h1-9,15,19,25H,10-14H2. The maximum atomic E-state index is 10.4. The molecule has 2 aromatic carbocycles. The highest BCUT2D eigenvalue weighted by Crippen LogP contribution is 2.24. The molecular weight excluding hydrogens is 312 g/mol. The maximum absolute atomic E-state index is 10.4. The van der Waals surface area contributed by atoms with Gasteiger partial charge in [-0.05, 0) is 17.7 Å². The van der Waals surface area contributed by atoms with Gasteiger partial charge in [0.15, 0.2) is 0 Å². The second-order valence-electron chi connectivity index (χ2n) is 6.43. The molecule has 1 N–H and O–H groups in total. The fourth-order valence-electron chi connectivity index (χ4n) is 3.41. The minimum Gasteiger partial charge on any atom is -0.387 e. The normalized spacial score (nSPS) is 16.9. The molecule has 4 rings (SSSR count). The van der Waals surface area contributed by atoms with Gasteiger partial charge < -0.3 is 10.0 Å². The summed E-state index contributed by atoms with van der Waals surface area (Å²) in [6.45, 7) is 4.32. The molecule has 0 saturated carbocycles. The molecule has 0 spiro atoms. The predicted molar refractivity (Wildman–Crippen MR) is 99.6 cm³/mol. The fourth-order valence-corrected chi connectivity index (χ4v) is 3.41. The molecule has 0 bridgehead atoms. The molecule has 1 aliphatic heterocycles. The van der Waals surface area contributed by atoms with Crippen LogP contribution >= 0.6 is 0 Å². The van der Waals surface area contributed by atoms with Gasteiger partial charge in [0.2, 0.25) is 0 Å².